The molecule has 0 radical (unpaired) electrons. The van der Waals surface area contributed by atoms with Crippen LogP contribution in [0.1, 0.15) is 33.6 Å². The average Bonchev–Trinajstić information content (AvgIpc) is 2.61. The molecule has 2 saturated heterocycles. The Labute approximate surface area is 116 Å². The number of hydrogen-bond donors (Lipinski definition) is 1. The highest BCUT2D eigenvalue weighted by Crippen LogP contribution is 2.31. The van der Waals surface area contributed by atoms with E-state index >= 15 is 0 Å². The Bertz CT molecular complexity index is 582. The number of imide groups is 2. The molecule has 2 aliphatic rings. The van der Waals surface area contributed by atoms with Crippen LogP contribution < -0.4 is 5.32 Å². The first-order chi connectivity index (χ1) is 9.38. The Morgan fingerprint density at radius 3 is 2.30 bits per heavy atom. The lowest BCUT2D eigenvalue weighted by Crippen LogP contribution is -2.54. The topological polar surface area (TPSA) is 83.6 Å². The van der Waals surface area contributed by atoms with E-state index in [1.165, 1.54) is 0 Å². The van der Waals surface area contributed by atoms with Crippen molar-refractivity contribution in [2.24, 2.45) is 0 Å². The van der Waals surface area contributed by atoms with Gasteiger partial charge in [0.25, 0.3) is 11.8 Å². The van der Waals surface area contributed by atoms with E-state index in [-0.39, 0.29) is 18.7 Å². The molecule has 1 N–H and O–H groups in total. The number of piperidine rings is 1. The number of rotatable bonds is 1. The molecule has 6 nitrogen and oxygen atoms in total. The van der Waals surface area contributed by atoms with Crippen LogP contribution in [0, 0.1) is 0 Å². The Morgan fingerprint density at radius 2 is 1.85 bits per heavy atom. The van der Waals surface area contributed by atoms with Crippen LogP contribution in [0.4, 0.5) is 0 Å². The number of amides is 4. The molecule has 4 amide bonds. The normalized spacial score (nSPS) is 25.6. The minimum absolute atomic E-state index is 0.128. The Hall–Kier alpha value is -2.24. The molecule has 2 aliphatic heterocycles. The SMILES string of the molecule is C/C=C1/C(=O)N(C2CCC(=O)NC2=O)C(=O)C1=C(C)C. The van der Waals surface area contributed by atoms with E-state index in [1.807, 2.05) is 0 Å². The summed E-state index contributed by atoms with van der Waals surface area (Å²) in [5.74, 6) is -1.90. The second-order valence-electron chi connectivity index (χ2n) is 5.02. The summed E-state index contributed by atoms with van der Waals surface area (Å²) in [7, 11) is 0. The van der Waals surface area contributed by atoms with Gasteiger partial charge in [0.15, 0.2) is 0 Å². The second kappa shape index (κ2) is 5.03. The minimum atomic E-state index is -0.903. The van der Waals surface area contributed by atoms with Crippen LogP contribution in [-0.4, -0.2) is 34.6 Å². The summed E-state index contributed by atoms with van der Waals surface area (Å²) in [6.07, 6.45) is 1.88. The van der Waals surface area contributed by atoms with Gasteiger partial charge in [-0.1, -0.05) is 11.6 Å². The largest absolute Gasteiger partial charge is 0.295 e. The Balaban J connectivity index is 2.41. The fraction of sp³-hybridized carbons (Fsp3) is 0.429. The van der Waals surface area contributed by atoms with Crippen molar-refractivity contribution in [2.75, 3.05) is 0 Å². The number of nitrogens with one attached hydrogen (secondary N) is 1. The highest BCUT2D eigenvalue weighted by atomic mass is 16.2. The molecule has 0 bridgehead atoms. The van der Waals surface area contributed by atoms with Gasteiger partial charge in [-0.2, -0.15) is 0 Å². The van der Waals surface area contributed by atoms with Crippen molar-refractivity contribution in [1.29, 1.82) is 0 Å². The molecule has 6 heteroatoms. The van der Waals surface area contributed by atoms with Crippen molar-refractivity contribution < 1.29 is 19.2 Å². The predicted octanol–water partition coefficient (Wildman–Crippen LogP) is 0.443. The summed E-state index contributed by atoms with van der Waals surface area (Å²) >= 11 is 0. The van der Waals surface area contributed by atoms with Crippen LogP contribution in [0.2, 0.25) is 0 Å². The average molecular weight is 276 g/mol. The first-order valence-corrected chi connectivity index (χ1v) is 6.44. The van der Waals surface area contributed by atoms with Crippen molar-refractivity contribution in [1.82, 2.24) is 10.2 Å². The lowest BCUT2D eigenvalue weighted by atomic mass is 10.0. The summed E-state index contributed by atoms with van der Waals surface area (Å²) in [4.78, 5) is 48.7. The molecule has 106 valence electrons. The molecule has 0 saturated carbocycles. The monoisotopic (exact) mass is 276 g/mol. The number of nitrogens with zero attached hydrogens (tertiary/aromatic N) is 1. The van der Waals surface area contributed by atoms with Gasteiger partial charge < -0.3 is 0 Å². The van der Waals surface area contributed by atoms with Crippen molar-refractivity contribution in [2.45, 2.75) is 39.7 Å². The van der Waals surface area contributed by atoms with Crippen LogP contribution in [0.5, 0.6) is 0 Å². The third kappa shape index (κ3) is 2.07. The summed E-state index contributed by atoms with van der Waals surface area (Å²) in [6.45, 7) is 5.17. The lowest BCUT2D eigenvalue weighted by molar-refractivity contribution is -0.149. The summed E-state index contributed by atoms with van der Waals surface area (Å²) in [5, 5.41) is 2.16. The summed E-state index contributed by atoms with van der Waals surface area (Å²) < 4.78 is 0. The van der Waals surface area contributed by atoms with E-state index < -0.39 is 23.8 Å². The van der Waals surface area contributed by atoms with Crippen molar-refractivity contribution >= 4 is 23.6 Å². The molecule has 0 aliphatic carbocycles. The molecular formula is C14H16N2O4. The maximum absolute atomic E-state index is 12.4. The molecule has 20 heavy (non-hydrogen) atoms. The van der Waals surface area contributed by atoms with E-state index in [1.54, 1.807) is 26.8 Å². The zero-order valence-electron chi connectivity index (χ0n) is 11.6. The fourth-order valence-electron chi connectivity index (χ4n) is 2.53. The number of hydrogen-bond acceptors (Lipinski definition) is 4. The number of carbonyl (C=O) groups is 4. The highest BCUT2D eigenvalue weighted by Gasteiger charge is 2.46. The highest BCUT2D eigenvalue weighted by molar-refractivity contribution is 6.26. The van der Waals surface area contributed by atoms with Crippen molar-refractivity contribution in [3.05, 3.63) is 22.8 Å². The molecule has 0 spiro atoms. The number of likely N-dealkylation sites (tertiary alicyclic amines) is 1. The third-order valence-corrected chi connectivity index (χ3v) is 3.46. The van der Waals surface area contributed by atoms with Crippen molar-refractivity contribution in [3.8, 4) is 0 Å². The smallest absolute Gasteiger partial charge is 0.262 e. The van der Waals surface area contributed by atoms with Gasteiger partial charge in [0, 0.05) is 12.0 Å². The van der Waals surface area contributed by atoms with E-state index in [0.29, 0.717) is 11.1 Å². The summed E-state index contributed by atoms with van der Waals surface area (Å²) in [6, 6.07) is -0.903. The van der Waals surface area contributed by atoms with Gasteiger partial charge in [-0.25, -0.2) is 0 Å². The van der Waals surface area contributed by atoms with Crippen LogP contribution in [0.25, 0.3) is 0 Å². The van der Waals surface area contributed by atoms with Gasteiger partial charge in [0.2, 0.25) is 11.8 Å². The first-order valence-electron chi connectivity index (χ1n) is 6.44. The zero-order valence-corrected chi connectivity index (χ0v) is 11.6. The lowest BCUT2D eigenvalue weighted by Gasteiger charge is -2.27. The van der Waals surface area contributed by atoms with Gasteiger partial charge in [-0.3, -0.25) is 29.4 Å². The van der Waals surface area contributed by atoms with Gasteiger partial charge in [0.1, 0.15) is 6.04 Å². The molecule has 2 fully saturated rings. The Kier molecular flexibility index (Phi) is 3.57. The standard InChI is InChI=1S/C14H16N2O4/c1-4-8-11(7(2)3)14(20)16(13(8)19)9-5-6-10(17)15-12(9)18/h4,9H,5-6H2,1-3H3,(H,15,17,18)/b8-4+. The minimum Gasteiger partial charge on any atom is -0.295 e. The maximum Gasteiger partial charge on any atom is 0.262 e. The van der Waals surface area contributed by atoms with Crippen LogP contribution in [0.3, 0.4) is 0 Å². The van der Waals surface area contributed by atoms with Crippen LogP contribution in [0.15, 0.2) is 22.8 Å². The molecular weight excluding hydrogens is 260 g/mol. The van der Waals surface area contributed by atoms with E-state index in [9.17, 15) is 19.2 Å². The predicted molar refractivity (Wildman–Crippen MR) is 70.2 cm³/mol. The molecule has 1 unspecified atom stereocenters. The number of allylic oxidation sites excluding steroid dienone is 2. The summed E-state index contributed by atoms with van der Waals surface area (Å²) in [5.41, 5.74) is 1.40. The quantitative estimate of drug-likeness (QED) is 0.556. The molecule has 0 aromatic rings. The molecule has 2 rings (SSSR count). The third-order valence-electron chi connectivity index (χ3n) is 3.46. The fourth-order valence-corrected chi connectivity index (χ4v) is 2.53. The zero-order chi connectivity index (χ0) is 15.0. The number of carbonyl (C=O) groups excluding carboxylic acids is 4. The van der Waals surface area contributed by atoms with Gasteiger partial charge >= 0.3 is 0 Å². The Morgan fingerprint density at radius 1 is 1.20 bits per heavy atom. The van der Waals surface area contributed by atoms with E-state index in [4.69, 9.17) is 0 Å². The molecule has 0 aromatic carbocycles. The molecule has 1 atom stereocenters. The van der Waals surface area contributed by atoms with Crippen molar-refractivity contribution in [3.63, 3.8) is 0 Å². The van der Waals surface area contributed by atoms with Gasteiger partial charge in [-0.15, -0.1) is 0 Å². The molecule has 0 aromatic heterocycles. The van der Waals surface area contributed by atoms with Gasteiger partial charge in [-0.05, 0) is 27.2 Å². The van der Waals surface area contributed by atoms with Gasteiger partial charge in [0.05, 0.1) is 5.57 Å². The van der Waals surface area contributed by atoms with E-state index in [0.717, 1.165) is 10.5 Å². The van der Waals surface area contributed by atoms with Crippen LogP contribution >= 0.6 is 0 Å². The first kappa shape index (κ1) is 14.2. The van der Waals surface area contributed by atoms with E-state index in [2.05, 4.69) is 5.32 Å². The maximum atomic E-state index is 12.4. The molecule has 2 heterocycles. The van der Waals surface area contributed by atoms with Crippen LogP contribution in [-0.2, 0) is 19.2 Å². The second-order valence-corrected chi connectivity index (χ2v) is 5.02.